The smallest absolute Gasteiger partial charge is 0.343 e. The number of methoxy groups -OCH3 is 3. The van der Waals surface area contributed by atoms with Gasteiger partial charge in [-0.1, -0.05) is 66.7 Å². The van der Waals surface area contributed by atoms with E-state index in [1.165, 1.54) is 38.5 Å². The van der Waals surface area contributed by atoms with Crippen LogP contribution in [-0.4, -0.2) is 128 Å². The van der Waals surface area contributed by atoms with Gasteiger partial charge in [0.1, 0.15) is 5.82 Å². The second-order valence-corrected chi connectivity index (χ2v) is 14.2. The lowest BCUT2D eigenvalue weighted by atomic mass is 9.72. The third-order valence-corrected chi connectivity index (χ3v) is 11.3. The number of imide groups is 1. The lowest BCUT2D eigenvalue weighted by Crippen LogP contribution is -2.74. The minimum absolute atomic E-state index is 0.249. The minimum Gasteiger partial charge on any atom is -0.493 e. The number of carbonyl (C=O) groups excluding carboxylic acids is 3. The fourth-order valence-corrected chi connectivity index (χ4v) is 8.22. The number of aliphatic carboxylic acids is 1. The molecule has 4 aromatic carbocycles. The maximum atomic E-state index is 14.6. The Bertz CT molecular complexity index is 2140. The van der Waals surface area contributed by atoms with E-state index in [0.29, 0.717) is 60.1 Å². The SMILES string of the molecule is COc1cc(C(=O)N(C)N2CCC(C(=O)NC(=O)N3C(C(=O)O)N4CCN3CC4)(c3ccccc3)CC2)c(-c2ccc(-c3ccc(F)cc3)cc2)c(OC)c1OC. The van der Waals surface area contributed by atoms with Gasteiger partial charge in [0.25, 0.3) is 5.91 Å². The van der Waals surface area contributed by atoms with Gasteiger partial charge in [0, 0.05) is 51.9 Å². The topological polar surface area (TPSA) is 144 Å². The molecular weight excluding hydrogens is 735 g/mol. The van der Waals surface area contributed by atoms with E-state index >= 15 is 0 Å². The summed E-state index contributed by atoms with van der Waals surface area (Å²) in [4.78, 5) is 56.6. The third kappa shape index (κ3) is 7.25. The van der Waals surface area contributed by atoms with Crippen LogP contribution in [0, 0.1) is 5.82 Å². The molecule has 4 saturated heterocycles. The Hall–Kier alpha value is -6.03. The number of hydrazine groups is 2. The Morgan fingerprint density at radius 2 is 1.35 bits per heavy atom. The molecule has 4 fully saturated rings. The first-order valence-electron chi connectivity index (χ1n) is 18.7. The minimum atomic E-state index is -1.21. The Balaban J connectivity index is 1.16. The van der Waals surface area contributed by atoms with E-state index in [1.807, 2.05) is 59.6 Å². The van der Waals surface area contributed by atoms with Crippen molar-refractivity contribution < 1.29 is 42.9 Å². The van der Waals surface area contributed by atoms with Gasteiger partial charge in [-0.05, 0) is 53.3 Å². The van der Waals surface area contributed by atoms with Crippen LogP contribution >= 0.6 is 0 Å². The van der Waals surface area contributed by atoms with Crippen molar-refractivity contribution in [3.8, 4) is 39.5 Å². The molecular formula is C42H45FN6O8. The Morgan fingerprint density at radius 3 is 1.91 bits per heavy atom. The van der Waals surface area contributed by atoms with E-state index in [2.05, 4.69) is 5.32 Å². The molecule has 2 N–H and O–H groups in total. The zero-order chi connectivity index (χ0) is 40.4. The van der Waals surface area contributed by atoms with Gasteiger partial charge in [0.15, 0.2) is 11.5 Å². The van der Waals surface area contributed by atoms with Crippen molar-refractivity contribution in [3.63, 3.8) is 0 Å². The van der Waals surface area contributed by atoms with Crippen LogP contribution in [0.3, 0.4) is 0 Å². The second kappa shape index (κ2) is 16.2. The number of amides is 4. The van der Waals surface area contributed by atoms with Crippen molar-refractivity contribution in [2.75, 3.05) is 67.6 Å². The van der Waals surface area contributed by atoms with Gasteiger partial charge in [0.2, 0.25) is 17.8 Å². The van der Waals surface area contributed by atoms with Gasteiger partial charge in [-0.25, -0.2) is 29.0 Å². The van der Waals surface area contributed by atoms with Crippen LogP contribution < -0.4 is 19.5 Å². The maximum absolute atomic E-state index is 14.6. The summed E-state index contributed by atoms with van der Waals surface area (Å²) in [7, 11) is 6.11. The van der Waals surface area contributed by atoms with E-state index in [1.54, 1.807) is 35.2 Å². The molecule has 2 bridgehead atoms. The van der Waals surface area contributed by atoms with Crippen molar-refractivity contribution in [2.45, 2.75) is 24.4 Å². The number of urea groups is 1. The van der Waals surface area contributed by atoms with Crippen molar-refractivity contribution in [3.05, 3.63) is 102 Å². The standard InChI is InChI=1S/C42H45FN6O8/c1-45(38(50)32-26-33(55-2)35(56-3)36(57-4)34(32)29-12-10-27(11-13-29)28-14-16-31(43)17-15-28)47-20-18-42(19-21-47,30-8-6-5-7-9-30)40(53)44-41(54)49-37(39(51)52)46-22-24-48(49)25-23-46/h5-17,26,37H,18-25H2,1-4H3,(H,51,52)(H,44,53,54). The average Bonchev–Trinajstić information content (AvgIpc) is 3.25. The van der Waals surface area contributed by atoms with Crippen LogP contribution in [0.2, 0.25) is 0 Å². The van der Waals surface area contributed by atoms with Gasteiger partial charge in [-0.2, -0.15) is 0 Å². The highest BCUT2D eigenvalue weighted by Gasteiger charge is 2.49. The number of rotatable bonds is 10. The molecule has 298 valence electrons. The molecule has 1 unspecified atom stereocenters. The maximum Gasteiger partial charge on any atom is 0.343 e. The summed E-state index contributed by atoms with van der Waals surface area (Å²) in [6.07, 6.45) is -0.708. The fraction of sp³-hybridized carbons (Fsp3) is 0.333. The number of hydrogen-bond donors (Lipinski definition) is 2. The van der Waals surface area contributed by atoms with Crippen molar-refractivity contribution in [1.82, 2.24) is 30.3 Å². The molecule has 0 radical (unpaired) electrons. The summed E-state index contributed by atoms with van der Waals surface area (Å²) in [6, 6.07) is 23.7. The second-order valence-electron chi connectivity index (χ2n) is 14.2. The summed E-state index contributed by atoms with van der Waals surface area (Å²) in [5.41, 5.74) is 2.65. The fourth-order valence-electron chi connectivity index (χ4n) is 8.22. The van der Waals surface area contributed by atoms with Crippen LogP contribution in [0.5, 0.6) is 17.2 Å². The molecule has 4 aliphatic heterocycles. The van der Waals surface area contributed by atoms with E-state index in [4.69, 9.17) is 14.2 Å². The summed E-state index contributed by atoms with van der Waals surface area (Å²) >= 11 is 0. The molecule has 0 saturated carbocycles. The van der Waals surface area contributed by atoms with Crippen molar-refractivity contribution >= 4 is 23.8 Å². The highest BCUT2D eigenvalue weighted by Crippen LogP contribution is 2.47. The lowest BCUT2D eigenvalue weighted by molar-refractivity contribution is -0.190. The molecule has 1 atom stereocenters. The number of benzene rings is 4. The molecule has 0 aromatic heterocycles. The number of carboxylic acid groups (broad SMARTS) is 1. The third-order valence-electron chi connectivity index (χ3n) is 11.3. The summed E-state index contributed by atoms with van der Waals surface area (Å²) < 4.78 is 30.8. The number of piperazine rings is 1. The van der Waals surface area contributed by atoms with Gasteiger partial charge >= 0.3 is 12.0 Å². The molecule has 14 nitrogen and oxygen atoms in total. The number of hydrogen-bond acceptors (Lipinski definition) is 10. The van der Waals surface area contributed by atoms with E-state index in [9.17, 15) is 28.7 Å². The molecule has 4 heterocycles. The number of carbonyl (C=O) groups is 4. The number of piperidine rings is 1. The Labute approximate surface area is 329 Å². The normalized spacial score (nSPS) is 20.0. The zero-order valence-electron chi connectivity index (χ0n) is 32.2. The average molecular weight is 781 g/mol. The molecule has 0 aliphatic carbocycles. The van der Waals surface area contributed by atoms with E-state index < -0.39 is 29.5 Å². The van der Waals surface area contributed by atoms with Gasteiger partial charge in [0.05, 0.1) is 32.3 Å². The molecule has 15 heteroatoms. The molecule has 57 heavy (non-hydrogen) atoms. The lowest BCUT2D eigenvalue weighted by Gasteiger charge is -2.52. The van der Waals surface area contributed by atoms with Crippen molar-refractivity contribution in [1.29, 1.82) is 0 Å². The summed E-state index contributed by atoms with van der Waals surface area (Å²) in [6.45, 7) is 2.50. The number of nitrogens with zero attached hydrogens (tertiary/aromatic N) is 5. The molecule has 4 aliphatic rings. The van der Waals surface area contributed by atoms with Crippen LogP contribution in [0.1, 0.15) is 28.8 Å². The van der Waals surface area contributed by atoms with E-state index in [-0.39, 0.29) is 43.2 Å². The van der Waals surface area contributed by atoms with Gasteiger partial charge in [-0.3, -0.25) is 24.8 Å². The number of halogens is 1. The number of ether oxygens (including phenoxy) is 3. The summed E-state index contributed by atoms with van der Waals surface area (Å²) in [5, 5.41) is 18.7. The molecule has 0 spiro atoms. The van der Waals surface area contributed by atoms with Crippen LogP contribution in [0.4, 0.5) is 9.18 Å². The largest absolute Gasteiger partial charge is 0.493 e. The monoisotopic (exact) mass is 780 g/mol. The first-order chi connectivity index (χ1) is 27.5. The molecule has 4 amide bonds. The Kier molecular flexibility index (Phi) is 11.2. The predicted octanol–water partition coefficient (Wildman–Crippen LogP) is 4.70. The van der Waals surface area contributed by atoms with Gasteiger partial charge < -0.3 is 19.3 Å². The predicted molar refractivity (Wildman–Crippen MR) is 208 cm³/mol. The van der Waals surface area contributed by atoms with Crippen LogP contribution in [0.25, 0.3) is 22.3 Å². The van der Waals surface area contributed by atoms with Crippen molar-refractivity contribution in [2.24, 2.45) is 0 Å². The van der Waals surface area contributed by atoms with Crippen LogP contribution in [0.15, 0.2) is 84.9 Å². The Morgan fingerprint density at radius 1 is 0.772 bits per heavy atom. The highest BCUT2D eigenvalue weighted by atomic mass is 19.1. The summed E-state index contributed by atoms with van der Waals surface area (Å²) in [5.74, 6) is -1.51. The highest BCUT2D eigenvalue weighted by molar-refractivity contribution is 6.04. The van der Waals surface area contributed by atoms with Gasteiger partial charge in [-0.15, -0.1) is 0 Å². The number of nitrogens with one attached hydrogen (secondary N) is 1. The number of carboxylic acids is 1. The zero-order valence-corrected chi connectivity index (χ0v) is 32.2. The quantitative estimate of drug-likeness (QED) is 0.231. The first-order valence-corrected chi connectivity index (χ1v) is 18.7. The molecule has 4 aromatic rings. The molecule has 8 rings (SSSR count). The first kappa shape index (κ1) is 39.2. The number of fused-ring (bicyclic) bond motifs is 3. The van der Waals surface area contributed by atoms with E-state index in [0.717, 1.165) is 16.1 Å². The van der Waals surface area contributed by atoms with Crippen LogP contribution in [-0.2, 0) is 15.0 Å².